The maximum atomic E-state index is 14.1. The first-order chi connectivity index (χ1) is 19.2. The van der Waals surface area contributed by atoms with Crippen molar-refractivity contribution in [1.82, 2.24) is 9.88 Å². The largest absolute Gasteiger partial charge is 0.488 e. The highest BCUT2D eigenvalue weighted by Crippen LogP contribution is 2.43. The number of likely N-dealkylation sites (tertiary alicyclic amines) is 1. The Morgan fingerprint density at radius 3 is 2.52 bits per heavy atom. The number of piperidine rings is 2. The molecule has 0 unspecified atom stereocenters. The molecule has 2 aromatic carbocycles. The van der Waals surface area contributed by atoms with E-state index in [1.54, 1.807) is 29.6 Å². The number of anilines is 1. The normalized spacial score (nSPS) is 16.7. The quantitative estimate of drug-likeness (QED) is 0.293. The van der Waals surface area contributed by atoms with Gasteiger partial charge in [0.25, 0.3) is 5.91 Å². The third-order valence-corrected chi connectivity index (χ3v) is 8.60. The smallest absolute Gasteiger partial charge is 0.419 e. The van der Waals surface area contributed by atoms with E-state index in [9.17, 15) is 22.8 Å². The number of benzene rings is 2. The molecule has 2 saturated heterocycles. The van der Waals surface area contributed by atoms with Crippen molar-refractivity contribution >= 4 is 28.7 Å². The van der Waals surface area contributed by atoms with Gasteiger partial charge in [0.1, 0.15) is 18.6 Å². The van der Waals surface area contributed by atoms with Crippen molar-refractivity contribution in [1.29, 1.82) is 0 Å². The Labute approximate surface area is 235 Å². The lowest BCUT2D eigenvalue weighted by atomic mass is 9.99. The van der Waals surface area contributed by atoms with Crippen molar-refractivity contribution in [2.75, 3.05) is 31.1 Å². The molecule has 10 heteroatoms. The van der Waals surface area contributed by atoms with E-state index < -0.39 is 11.7 Å². The molecular weight excluding hydrogens is 539 g/mol. The summed E-state index contributed by atoms with van der Waals surface area (Å²) in [5.74, 6) is -0.242. The van der Waals surface area contributed by atoms with Crippen LogP contribution in [0, 0.1) is 12.8 Å². The molecule has 1 amide bonds. The van der Waals surface area contributed by atoms with Crippen LogP contribution in [-0.2, 0) is 17.6 Å². The Hall–Kier alpha value is -3.40. The van der Waals surface area contributed by atoms with Gasteiger partial charge in [-0.2, -0.15) is 13.2 Å². The van der Waals surface area contributed by atoms with Crippen LogP contribution >= 0.6 is 11.3 Å². The van der Waals surface area contributed by atoms with Gasteiger partial charge >= 0.3 is 6.18 Å². The second kappa shape index (κ2) is 12.0. The van der Waals surface area contributed by atoms with Crippen LogP contribution < -0.4 is 9.64 Å². The number of aryl methyl sites for hydroxylation is 1. The zero-order chi connectivity index (χ0) is 28.3. The maximum Gasteiger partial charge on any atom is 0.419 e. The molecule has 0 spiro atoms. The van der Waals surface area contributed by atoms with Crippen LogP contribution in [0.2, 0.25) is 0 Å². The Morgan fingerprint density at radius 1 is 1.10 bits per heavy atom. The van der Waals surface area contributed by atoms with Crippen LogP contribution in [0.3, 0.4) is 0 Å². The van der Waals surface area contributed by atoms with Gasteiger partial charge in [-0.3, -0.25) is 4.79 Å². The second-order valence-electron chi connectivity index (χ2n) is 10.4. The first kappa shape index (κ1) is 28.1. The van der Waals surface area contributed by atoms with Crippen molar-refractivity contribution in [3.05, 3.63) is 64.0 Å². The monoisotopic (exact) mass is 571 g/mol. The number of alkyl halides is 3. The van der Waals surface area contributed by atoms with E-state index in [-0.39, 0.29) is 29.7 Å². The number of aromatic nitrogens is 1. The lowest BCUT2D eigenvalue weighted by molar-refractivity contribution is -0.139. The van der Waals surface area contributed by atoms with E-state index in [2.05, 4.69) is 9.88 Å². The summed E-state index contributed by atoms with van der Waals surface area (Å²) in [7, 11) is 0. The summed E-state index contributed by atoms with van der Waals surface area (Å²) in [4.78, 5) is 32.6. The highest BCUT2D eigenvalue weighted by Gasteiger charge is 2.36. The number of ether oxygens (including phenoxy) is 1. The number of nitrogens with zero attached hydrogens (tertiary/aromatic N) is 3. The number of hydrogen-bond acceptors (Lipinski definition) is 6. The Kier molecular flexibility index (Phi) is 8.44. The molecule has 0 N–H and O–H groups in total. The lowest BCUT2D eigenvalue weighted by Crippen LogP contribution is -2.35. The minimum absolute atomic E-state index is 0.0188. The van der Waals surface area contributed by atoms with Gasteiger partial charge in [0, 0.05) is 48.6 Å². The summed E-state index contributed by atoms with van der Waals surface area (Å²) in [6.07, 6.45) is 0.964. The summed E-state index contributed by atoms with van der Waals surface area (Å²) < 4.78 is 48.1. The average molecular weight is 572 g/mol. The average Bonchev–Trinajstić information content (AvgIpc) is 3.46. The van der Waals surface area contributed by atoms with Gasteiger partial charge in [0.15, 0.2) is 5.13 Å². The zero-order valence-electron chi connectivity index (χ0n) is 22.4. The Morgan fingerprint density at radius 2 is 1.85 bits per heavy atom. The summed E-state index contributed by atoms with van der Waals surface area (Å²) in [6, 6.07) is 9.24. The highest BCUT2D eigenvalue weighted by molar-refractivity contribution is 7.14. The van der Waals surface area contributed by atoms with E-state index in [4.69, 9.17) is 4.74 Å². The molecule has 1 aromatic heterocycles. The molecule has 2 aliphatic rings. The third kappa shape index (κ3) is 6.16. The fourth-order valence-electron chi connectivity index (χ4n) is 5.30. The minimum atomic E-state index is -4.61. The summed E-state index contributed by atoms with van der Waals surface area (Å²) in [6.45, 7) is 4.60. The minimum Gasteiger partial charge on any atom is -0.488 e. The number of carbonyl (C=O) groups excluding carboxylic acids is 2. The third-order valence-electron chi connectivity index (χ3n) is 7.70. The number of halogens is 3. The first-order valence-corrected chi connectivity index (χ1v) is 14.5. The van der Waals surface area contributed by atoms with Crippen LogP contribution in [-0.4, -0.2) is 48.3 Å². The molecule has 2 fully saturated rings. The van der Waals surface area contributed by atoms with E-state index >= 15 is 0 Å². The molecule has 3 heterocycles. The summed E-state index contributed by atoms with van der Waals surface area (Å²) in [5, 5.41) is 2.46. The number of aldehydes is 1. The van der Waals surface area contributed by atoms with Crippen molar-refractivity contribution < 1.29 is 27.5 Å². The Balaban J connectivity index is 1.37. The van der Waals surface area contributed by atoms with Gasteiger partial charge in [-0.25, -0.2) is 4.98 Å². The number of rotatable bonds is 7. The van der Waals surface area contributed by atoms with Gasteiger partial charge < -0.3 is 19.3 Å². The zero-order valence-corrected chi connectivity index (χ0v) is 23.2. The van der Waals surface area contributed by atoms with Crippen molar-refractivity contribution in [2.45, 2.75) is 51.8 Å². The van der Waals surface area contributed by atoms with Crippen LogP contribution in [0.4, 0.5) is 18.3 Å². The molecule has 0 aliphatic carbocycles. The maximum absolute atomic E-state index is 14.1. The number of thiazole rings is 1. The summed E-state index contributed by atoms with van der Waals surface area (Å²) in [5.41, 5.74) is 1.89. The molecular formula is C30H32F3N3O3S. The van der Waals surface area contributed by atoms with E-state index in [0.29, 0.717) is 35.0 Å². The van der Waals surface area contributed by atoms with Gasteiger partial charge in [-0.05, 0) is 74.4 Å². The van der Waals surface area contributed by atoms with E-state index in [1.807, 2.05) is 11.8 Å². The summed E-state index contributed by atoms with van der Waals surface area (Å²) >= 11 is 1.37. The topological polar surface area (TPSA) is 62.7 Å². The lowest BCUT2D eigenvalue weighted by Gasteiger charge is -2.29. The fraction of sp³-hybridized carbons (Fsp3) is 0.433. The van der Waals surface area contributed by atoms with Crippen molar-refractivity contribution in [3.63, 3.8) is 0 Å². The molecule has 212 valence electrons. The molecule has 40 heavy (non-hydrogen) atoms. The first-order valence-electron chi connectivity index (χ1n) is 13.6. The standard InChI is InChI=1S/C30H32F3N3O3S/c1-20-16-22(28(38)35-12-3-2-4-13-35)8-9-23(20)18-39-27-24(6-5-7-25(27)30(31,32)33)26-19-40-29(34-26)36-14-10-21(17-37)11-15-36/h5-9,16-17,19,21H,2-4,10-15,18H2,1H3. The highest BCUT2D eigenvalue weighted by atomic mass is 32.1. The van der Waals surface area contributed by atoms with Gasteiger partial charge in [-0.1, -0.05) is 12.1 Å². The second-order valence-corrected chi connectivity index (χ2v) is 11.3. The van der Waals surface area contributed by atoms with E-state index in [0.717, 1.165) is 63.1 Å². The number of carbonyl (C=O) groups is 2. The predicted octanol–water partition coefficient (Wildman–Crippen LogP) is 6.76. The molecule has 5 rings (SSSR count). The number of hydrogen-bond donors (Lipinski definition) is 0. The molecule has 0 atom stereocenters. The van der Waals surface area contributed by atoms with Crippen LogP contribution in [0.5, 0.6) is 5.75 Å². The molecule has 3 aromatic rings. The Bertz CT molecular complexity index is 1360. The molecule has 0 saturated carbocycles. The van der Waals surface area contributed by atoms with Crippen LogP contribution in [0.1, 0.15) is 59.2 Å². The fourth-order valence-corrected chi connectivity index (χ4v) is 6.18. The molecule has 6 nitrogen and oxygen atoms in total. The number of para-hydroxylation sites is 1. The van der Waals surface area contributed by atoms with Crippen LogP contribution in [0.15, 0.2) is 41.8 Å². The van der Waals surface area contributed by atoms with Gasteiger partial charge in [-0.15, -0.1) is 11.3 Å². The van der Waals surface area contributed by atoms with Crippen molar-refractivity contribution in [2.24, 2.45) is 5.92 Å². The van der Waals surface area contributed by atoms with Crippen LogP contribution in [0.25, 0.3) is 11.3 Å². The van der Waals surface area contributed by atoms with Gasteiger partial charge in [0.2, 0.25) is 0 Å². The predicted molar refractivity (Wildman–Crippen MR) is 149 cm³/mol. The molecule has 0 radical (unpaired) electrons. The molecule has 0 bridgehead atoms. The number of amides is 1. The molecule has 2 aliphatic heterocycles. The van der Waals surface area contributed by atoms with Crippen molar-refractivity contribution in [3.8, 4) is 17.0 Å². The van der Waals surface area contributed by atoms with Gasteiger partial charge in [0.05, 0.1) is 11.3 Å². The SMILES string of the molecule is Cc1cc(C(=O)N2CCCCC2)ccc1COc1c(-c2csc(N3CCC(C=O)CC3)n2)cccc1C(F)(F)F. The van der Waals surface area contributed by atoms with E-state index in [1.165, 1.54) is 17.4 Å².